The first kappa shape index (κ1) is 20.5. The van der Waals surface area contributed by atoms with Gasteiger partial charge in [-0.3, -0.25) is 0 Å². The van der Waals surface area contributed by atoms with Gasteiger partial charge in [0.05, 0.1) is 15.7 Å². The van der Waals surface area contributed by atoms with E-state index in [1.165, 1.54) is 0 Å². The van der Waals surface area contributed by atoms with Crippen molar-refractivity contribution in [1.29, 1.82) is 0 Å². The molecule has 2 aromatic heterocycles. The van der Waals surface area contributed by atoms with E-state index in [-0.39, 0.29) is 0 Å². The third-order valence-corrected chi connectivity index (χ3v) is 5.73. The molecular formula is C21H23Cl2N7. The van der Waals surface area contributed by atoms with Crippen molar-refractivity contribution in [2.45, 2.75) is 0 Å². The summed E-state index contributed by atoms with van der Waals surface area (Å²) in [6.45, 7) is 3.33. The molecule has 1 aliphatic heterocycles. The van der Waals surface area contributed by atoms with Gasteiger partial charge in [0, 0.05) is 52.5 Å². The van der Waals surface area contributed by atoms with E-state index in [0.717, 1.165) is 37.8 Å². The van der Waals surface area contributed by atoms with Crippen LogP contribution in [-0.2, 0) is 0 Å². The van der Waals surface area contributed by atoms with Gasteiger partial charge >= 0.3 is 0 Å². The lowest BCUT2D eigenvalue weighted by molar-refractivity contribution is 0.635. The Labute approximate surface area is 186 Å². The van der Waals surface area contributed by atoms with Crippen LogP contribution in [-0.4, -0.2) is 55.2 Å². The Hall–Kier alpha value is -2.77. The Balaban J connectivity index is 1.55. The SMILES string of the molecule is CN(C)c1cc(Nc2cccc(Cl)c2Cl)nc(N2CCN(c3ccccn3)CC2)n1. The Morgan fingerprint density at radius 3 is 2.40 bits per heavy atom. The maximum absolute atomic E-state index is 6.34. The van der Waals surface area contributed by atoms with Crippen molar-refractivity contribution in [3.8, 4) is 0 Å². The van der Waals surface area contributed by atoms with E-state index < -0.39 is 0 Å². The molecule has 3 aromatic rings. The van der Waals surface area contributed by atoms with E-state index in [4.69, 9.17) is 33.2 Å². The van der Waals surface area contributed by atoms with Gasteiger partial charge in [0.15, 0.2) is 0 Å². The lowest BCUT2D eigenvalue weighted by atomic mass is 10.3. The third-order valence-electron chi connectivity index (χ3n) is 4.91. The number of pyridine rings is 1. The monoisotopic (exact) mass is 443 g/mol. The van der Waals surface area contributed by atoms with Crippen molar-refractivity contribution in [2.24, 2.45) is 0 Å². The van der Waals surface area contributed by atoms with Crippen molar-refractivity contribution >= 4 is 52.3 Å². The quantitative estimate of drug-likeness (QED) is 0.629. The summed E-state index contributed by atoms with van der Waals surface area (Å²) < 4.78 is 0. The summed E-state index contributed by atoms with van der Waals surface area (Å²) >= 11 is 12.5. The minimum absolute atomic E-state index is 0.467. The van der Waals surface area contributed by atoms with Crippen LogP contribution in [0.15, 0.2) is 48.7 Å². The summed E-state index contributed by atoms with van der Waals surface area (Å²) in [5.74, 6) is 3.16. The van der Waals surface area contributed by atoms with Gasteiger partial charge in [-0.05, 0) is 24.3 Å². The number of anilines is 5. The first-order valence-electron chi connectivity index (χ1n) is 9.69. The number of rotatable bonds is 5. The Morgan fingerprint density at radius 2 is 1.70 bits per heavy atom. The van der Waals surface area contributed by atoms with Crippen LogP contribution in [0.4, 0.5) is 29.1 Å². The smallest absolute Gasteiger partial charge is 0.229 e. The van der Waals surface area contributed by atoms with Crippen LogP contribution in [0.3, 0.4) is 0 Å². The predicted octanol–water partition coefficient (Wildman–Crippen LogP) is 4.31. The second-order valence-electron chi connectivity index (χ2n) is 7.19. The zero-order valence-electron chi connectivity index (χ0n) is 16.9. The fourth-order valence-electron chi connectivity index (χ4n) is 3.27. The van der Waals surface area contributed by atoms with Gasteiger partial charge in [0.1, 0.15) is 17.5 Å². The van der Waals surface area contributed by atoms with Gasteiger partial charge < -0.3 is 20.0 Å². The molecule has 0 atom stereocenters. The van der Waals surface area contributed by atoms with Gasteiger partial charge in [-0.15, -0.1) is 0 Å². The molecule has 156 valence electrons. The second-order valence-corrected chi connectivity index (χ2v) is 7.98. The minimum Gasteiger partial charge on any atom is -0.363 e. The van der Waals surface area contributed by atoms with Crippen LogP contribution < -0.4 is 20.0 Å². The van der Waals surface area contributed by atoms with Gasteiger partial charge in [0.2, 0.25) is 5.95 Å². The lowest BCUT2D eigenvalue weighted by Crippen LogP contribution is -2.47. The maximum atomic E-state index is 6.34. The Bertz CT molecular complexity index is 1010. The molecule has 9 heteroatoms. The Kier molecular flexibility index (Phi) is 6.11. The van der Waals surface area contributed by atoms with E-state index in [1.54, 1.807) is 6.07 Å². The standard InChI is InChI=1S/C21H23Cl2N7/c1-28(2)19-14-17(25-16-7-5-6-15(22)20(16)23)26-21(27-19)30-12-10-29(11-13-30)18-8-3-4-9-24-18/h3-9,14H,10-13H2,1-2H3,(H,25,26,27). The number of hydrogen-bond acceptors (Lipinski definition) is 7. The zero-order valence-corrected chi connectivity index (χ0v) is 18.4. The highest BCUT2D eigenvalue weighted by Gasteiger charge is 2.21. The van der Waals surface area contributed by atoms with Gasteiger partial charge in [-0.25, -0.2) is 4.98 Å². The van der Waals surface area contributed by atoms with Crippen LogP contribution in [0.1, 0.15) is 0 Å². The summed E-state index contributed by atoms with van der Waals surface area (Å²) in [4.78, 5) is 20.4. The molecular weight excluding hydrogens is 421 g/mol. The predicted molar refractivity (Wildman–Crippen MR) is 125 cm³/mol. The molecule has 0 saturated carbocycles. The highest BCUT2D eigenvalue weighted by molar-refractivity contribution is 6.43. The average Bonchev–Trinajstić information content (AvgIpc) is 2.77. The molecule has 3 heterocycles. The molecule has 1 fully saturated rings. The fourth-order valence-corrected chi connectivity index (χ4v) is 3.62. The molecule has 0 spiro atoms. The first-order chi connectivity index (χ1) is 14.5. The van der Waals surface area contributed by atoms with Crippen LogP contribution >= 0.6 is 23.2 Å². The van der Waals surface area contributed by atoms with E-state index in [1.807, 2.05) is 61.6 Å². The normalized spacial score (nSPS) is 14.0. The number of hydrogen-bond donors (Lipinski definition) is 1. The van der Waals surface area contributed by atoms with Crippen molar-refractivity contribution in [3.63, 3.8) is 0 Å². The first-order valence-corrected chi connectivity index (χ1v) is 10.5. The zero-order chi connectivity index (χ0) is 21.1. The van der Waals surface area contributed by atoms with E-state index >= 15 is 0 Å². The highest BCUT2D eigenvalue weighted by atomic mass is 35.5. The Morgan fingerprint density at radius 1 is 0.933 bits per heavy atom. The van der Waals surface area contributed by atoms with Crippen molar-refractivity contribution in [2.75, 3.05) is 60.3 Å². The summed E-state index contributed by atoms with van der Waals surface area (Å²) in [6, 6.07) is 13.4. The largest absolute Gasteiger partial charge is 0.363 e. The maximum Gasteiger partial charge on any atom is 0.229 e. The molecule has 1 N–H and O–H groups in total. The average molecular weight is 444 g/mol. The van der Waals surface area contributed by atoms with Gasteiger partial charge in [0.25, 0.3) is 0 Å². The number of piperazine rings is 1. The van der Waals surface area contributed by atoms with Crippen molar-refractivity contribution in [1.82, 2.24) is 15.0 Å². The van der Waals surface area contributed by atoms with Crippen LogP contribution in [0.2, 0.25) is 10.0 Å². The van der Waals surface area contributed by atoms with Gasteiger partial charge in [-0.2, -0.15) is 9.97 Å². The molecule has 1 aliphatic rings. The number of halogens is 2. The summed E-state index contributed by atoms with van der Waals surface area (Å²) in [5, 5.41) is 4.24. The molecule has 0 radical (unpaired) electrons. The molecule has 0 amide bonds. The third kappa shape index (κ3) is 4.52. The molecule has 1 saturated heterocycles. The number of nitrogens with one attached hydrogen (secondary N) is 1. The minimum atomic E-state index is 0.467. The van der Waals surface area contributed by atoms with Gasteiger partial charge in [-0.1, -0.05) is 35.3 Å². The molecule has 4 rings (SSSR count). The van der Waals surface area contributed by atoms with Crippen LogP contribution in [0.5, 0.6) is 0 Å². The molecule has 30 heavy (non-hydrogen) atoms. The topological polar surface area (TPSA) is 60.4 Å². The summed E-state index contributed by atoms with van der Waals surface area (Å²) in [7, 11) is 3.92. The fraction of sp³-hybridized carbons (Fsp3) is 0.286. The van der Waals surface area contributed by atoms with Crippen molar-refractivity contribution < 1.29 is 0 Å². The number of benzene rings is 1. The second kappa shape index (κ2) is 8.93. The van der Waals surface area contributed by atoms with E-state index in [0.29, 0.717) is 27.5 Å². The van der Waals surface area contributed by atoms with E-state index in [2.05, 4.69) is 20.1 Å². The number of aromatic nitrogens is 3. The number of nitrogens with zero attached hydrogens (tertiary/aromatic N) is 6. The van der Waals surface area contributed by atoms with Crippen LogP contribution in [0, 0.1) is 0 Å². The molecule has 0 aliphatic carbocycles. The summed E-state index contributed by atoms with van der Waals surface area (Å²) in [5.41, 5.74) is 0.707. The molecule has 0 bridgehead atoms. The molecule has 1 aromatic carbocycles. The lowest BCUT2D eigenvalue weighted by Gasteiger charge is -2.35. The molecule has 7 nitrogen and oxygen atoms in total. The van der Waals surface area contributed by atoms with Crippen molar-refractivity contribution in [3.05, 3.63) is 58.7 Å². The van der Waals surface area contributed by atoms with Crippen LogP contribution in [0.25, 0.3) is 0 Å². The summed E-state index contributed by atoms with van der Waals surface area (Å²) in [6.07, 6.45) is 1.82. The highest BCUT2D eigenvalue weighted by Crippen LogP contribution is 2.32. The van der Waals surface area contributed by atoms with E-state index in [9.17, 15) is 0 Å². The molecule has 0 unspecified atom stereocenters.